The average molecular weight is 207 g/mol. The molecule has 0 radical (unpaired) electrons. The van der Waals surface area contributed by atoms with Crippen molar-refractivity contribution in [1.82, 2.24) is 0 Å². The lowest BCUT2D eigenvalue weighted by Gasteiger charge is -2.18. The van der Waals surface area contributed by atoms with Crippen molar-refractivity contribution in [2.75, 3.05) is 5.32 Å². The number of hydrogen-bond acceptors (Lipinski definition) is 2. The zero-order valence-electron chi connectivity index (χ0n) is 9.66. The summed E-state index contributed by atoms with van der Waals surface area (Å²) in [4.78, 5) is 0. The first-order chi connectivity index (χ1) is 7.26. The summed E-state index contributed by atoms with van der Waals surface area (Å²) in [5.41, 5.74) is 1.10. The monoisotopic (exact) mass is 207 g/mol. The maximum absolute atomic E-state index is 9.17. The molecule has 0 fully saturated rings. The summed E-state index contributed by atoms with van der Waals surface area (Å²) >= 11 is 0. The zero-order valence-corrected chi connectivity index (χ0v) is 9.66. The van der Waals surface area contributed by atoms with Gasteiger partial charge in [0.15, 0.2) is 0 Å². The first-order valence-electron chi connectivity index (χ1n) is 5.81. The number of benzene rings is 1. The van der Waals surface area contributed by atoms with Gasteiger partial charge in [0, 0.05) is 11.7 Å². The van der Waals surface area contributed by atoms with Gasteiger partial charge in [-0.15, -0.1) is 0 Å². The maximum atomic E-state index is 9.17. The molecule has 0 aliphatic carbocycles. The molecule has 1 aromatic carbocycles. The van der Waals surface area contributed by atoms with Gasteiger partial charge in [0.1, 0.15) is 5.75 Å². The van der Waals surface area contributed by atoms with E-state index < -0.39 is 0 Å². The lowest BCUT2D eigenvalue weighted by molar-refractivity contribution is 0.475. The standard InChI is InChI=1S/C13H21NO/c1-3-5-11(6-4-2)14-12-7-9-13(15)10-8-12/h7-11,14-15H,3-6H2,1-2H3. The van der Waals surface area contributed by atoms with Gasteiger partial charge < -0.3 is 10.4 Å². The number of nitrogens with one attached hydrogen (secondary N) is 1. The van der Waals surface area contributed by atoms with Crippen LogP contribution in [0.25, 0.3) is 0 Å². The third kappa shape index (κ3) is 4.24. The third-order valence-corrected chi connectivity index (χ3v) is 2.51. The van der Waals surface area contributed by atoms with E-state index in [-0.39, 0.29) is 0 Å². The van der Waals surface area contributed by atoms with E-state index in [0.29, 0.717) is 11.8 Å². The molecule has 0 spiro atoms. The highest BCUT2D eigenvalue weighted by Crippen LogP contribution is 2.17. The second-order valence-electron chi connectivity index (χ2n) is 3.97. The van der Waals surface area contributed by atoms with Crippen LogP contribution in [0, 0.1) is 0 Å². The van der Waals surface area contributed by atoms with E-state index in [2.05, 4.69) is 19.2 Å². The van der Waals surface area contributed by atoms with Crippen LogP contribution < -0.4 is 5.32 Å². The predicted molar refractivity (Wildman–Crippen MR) is 65.3 cm³/mol. The van der Waals surface area contributed by atoms with E-state index >= 15 is 0 Å². The lowest BCUT2D eigenvalue weighted by atomic mass is 10.1. The molecule has 2 nitrogen and oxygen atoms in total. The molecule has 0 unspecified atom stereocenters. The second-order valence-corrected chi connectivity index (χ2v) is 3.97. The number of aromatic hydroxyl groups is 1. The van der Waals surface area contributed by atoms with Crippen molar-refractivity contribution in [3.8, 4) is 5.75 Å². The molecular weight excluding hydrogens is 186 g/mol. The number of anilines is 1. The van der Waals surface area contributed by atoms with E-state index in [9.17, 15) is 0 Å². The summed E-state index contributed by atoms with van der Waals surface area (Å²) in [7, 11) is 0. The van der Waals surface area contributed by atoms with Crippen molar-refractivity contribution in [1.29, 1.82) is 0 Å². The van der Waals surface area contributed by atoms with Crippen molar-refractivity contribution in [2.45, 2.75) is 45.6 Å². The Morgan fingerprint density at radius 1 is 1.07 bits per heavy atom. The molecule has 2 heteroatoms. The number of phenolic OH excluding ortho intramolecular Hbond substituents is 1. The minimum Gasteiger partial charge on any atom is -0.508 e. The van der Waals surface area contributed by atoms with E-state index in [1.807, 2.05) is 12.1 Å². The van der Waals surface area contributed by atoms with Gasteiger partial charge >= 0.3 is 0 Å². The predicted octanol–water partition coefficient (Wildman–Crippen LogP) is 3.77. The first kappa shape index (κ1) is 11.9. The van der Waals surface area contributed by atoms with Crippen LogP contribution in [0.5, 0.6) is 5.75 Å². The van der Waals surface area contributed by atoms with E-state index in [1.54, 1.807) is 12.1 Å². The van der Waals surface area contributed by atoms with Gasteiger partial charge in [0.25, 0.3) is 0 Å². The van der Waals surface area contributed by atoms with Gasteiger partial charge in [-0.1, -0.05) is 26.7 Å². The lowest BCUT2D eigenvalue weighted by Crippen LogP contribution is -2.18. The molecule has 0 heterocycles. The summed E-state index contributed by atoms with van der Waals surface area (Å²) in [6, 6.07) is 7.85. The topological polar surface area (TPSA) is 32.3 Å². The molecule has 15 heavy (non-hydrogen) atoms. The van der Waals surface area contributed by atoms with Crippen LogP contribution in [0.3, 0.4) is 0 Å². The van der Waals surface area contributed by atoms with Gasteiger partial charge in [-0.05, 0) is 37.1 Å². The van der Waals surface area contributed by atoms with Crippen LogP contribution in [0.2, 0.25) is 0 Å². The van der Waals surface area contributed by atoms with Gasteiger partial charge in [-0.25, -0.2) is 0 Å². The van der Waals surface area contributed by atoms with E-state index in [0.717, 1.165) is 5.69 Å². The Kier molecular flexibility index (Phi) is 5.02. The van der Waals surface area contributed by atoms with Crippen molar-refractivity contribution in [3.05, 3.63) is 24.3 Å². The second kappa shape index (κ2) is 6.33. The molecule has 2 N–H and O–H groups in total. The molecule has 0 saturated heterocycles. The molecule has 1 aromatic rings. The smallest absolute Gasteiger partial charge is 0.115 e. The van der Waals surface area contributed by atoms with Crippen molar-refractivity contribution in [2.24, 2.45) is 0 Å². The third-order valence-electron chi connectivity index (χ3n) is 2.51. The minimum absolute atomic E-state index is 0.322. The molecule has 0 atom stereocenters. The van der Waals surface area contributed by atoms with Gasteiger partial charge in [0.05, 0.1) is 0 Å². The number of rotatable bonds is 6. The molecule has 0 aliphatic rings. The first-order valence-corrected chi connectivity index (χ1v) is 5.81. The summed E-state index contributed by atoms with van der Waals surface area (Å²) < 4.78 is 0. The quantitative estimate of drug-likeness (QED) is 0.696. The van der Waals surface area contributed by atoms with Crippen LogP contribution in [0.1, 0.15) is 39.5 Å². The van der Waals surface area contributed by atoms with Crippen LogP contribution in [-0.2, 0) is 0 Å². The van der Waals surface area contributed by atoms with Crippen LogP contribution in [0.15, 0.2) is 24.3 Å². The molecule has 0 aromatic heterocycles. The zero-order chi connectivity index (χ0) is 11.1. The SMILES string of the molecule is CCCC(CCC)Nc1ccc(O)cc1. The highest BCUT2D eigenvalue weighted by molar-refractivity contribution is 5.46. The van der Waals surface area contributed by atoms with Gasteiger partial charge in [-0.2, -0.15) is 0 Å². The Hall–Kier alpha value is -1.18. The fraction of sp³-hybridized carbons (Fsp3) is 0.538. The molecule has 84 valence electrons. The summed E-state index contributed by atoms with van der Waals surface area (Å²) in [5, 5.41) is 12.7. The van der Waals surface area contributed by atoms with Crippen molar-refractivity contribution >= 4 is 5.69 Å². The van der Waals surface area contributed by atoms with Crippen molar-refractivity contribution in [3.63, 3.8) is 0 Å². The maximum Gasteiger partial charge on any atom is 0.115 e. The van der Waals surface area contributed by atoms with Crippen LogP contribution >= 0.6 is 0 Å². The van der Waals surface area contributed by atoms with E-state index in [1.165, 1.54) is 25.7 Å². The molecule has 0 bridgehead atoms. The van der Waals surface area contributed by atoms with E-state index in [4.69, 9.17) is 5.11 Å². The Morgan fingerprint density at radius 2 is 1.60 bits per heavy atom. The fourth-order valence-electron chi connectivity index (χ4n) is 1.78. The normalized spacial score (nSPS) is 10.6. The van der Waals surface area contributed by atoms with Crippen LogP contribution in [0.4, 0.5) is 5.69 Å². The molecule has 1 rings (SSSR count). The molecule has 0 amide bonds. The highest BCUT2D eigenvalue weighted by Gasteiger charge is 2.05. The summed E-state index contributed by atoms with van der Waals surface area (Å²) in [5.74, 6) is 0.322. The fourth-order valence-corrected chi connectivity index (χ4v) is 1.78. The highest BCUT2D eigenvalue weighted by atomic mass is 16.3. The Bertz CT molecular complexity index is 262. The number of hydrogen-bond donors (Lipinski definition) is 2. The molecule has 0 saturated carbocycles. The van der Waals surface area contributed by atoms with Gasteiger partial charge in [-0.3, -0.25) is 0 Å². The Morgan fingerprint density at radius 3 is 2.07 bits per heavy atom. The minimum atomic E-state index is 0.322. The van der Waals surface area contributed by atoms with Crippen LogP contribution in [-0.4, -0.2) is 11.1 Å². The largest absolute Gasteiger partial charge is 0.508 e. The summed E-state index contributed by atoms with van der Waals surface area (Å²) in [6.45, 7) is 4.42. The molecular formula is C13H21NO. The Balaban J connectivity index is 2.53. The molecule has 0 aliphatic heterocycles. The van der Waals surface area contributed by atoms with Gasteiger partial charge in [0.2, 0.25) is 0 Å². The average Bonchev–Trinajstić information content (AvgIpc) is 2.22. The Labute approximate surface area is 92.3 Å². The number of phenols is 1. The summed E-state index contributed by atoms with van der Waals surface area (Å²) in [6.07, 6.45) is 4.81. The van der Waals surface area contributed by atoms with Crippen molar-refractivity contribution < 1.29 is 5.11 Å².